The molecule has 0 saturated heterocycles. The Balaban J connectivity index is 2.26. The molecule has 0 aliphatic carbocycles. The molecule has 0 unspecified atom stereocenters. The topological polar surface area (TPSA) is 55.2 Å². The van der Waals surface area contributed by atoms with E-state index in [4.69, 9.17) is 0 Å². The van der Waals surface area contributed by atoms with Crippen molar-refractivity contribution in [3.8, 4) is 0 Å². The fourth-order valence-corrected chi connectivity index (χ4v) is 1.62. The Morgan fingerprint density at radius 1 is 1.37 bits per heavy atom. The SMILES string of the molecule is C=N/C=C\C=C(/C)CCCCc1cnc(C=O)cn1. The van der Waals surface area contributed by atoms with Crippen molar-refractivity contribution >= 4 is 13.0 Å². The average molecular weight is 257 g/mol. The lowest BCUT2D eigenvalue weighted by Gasteiger charge is -2.01. The van der Waals surface area contributed by atoms with Crippen LogP contribution in [0.4, 0.5) is 0 Å². The van der Waals surface area contributed by atoms with Gasteiger partial charge >= 0.3 is 0 Å². The third-order valence-electron chi connectivity index (χ3n) is 2.67. The maximum Gasteiger partial charge on any atom is 0.170 e. The lowest BCUT2D eigenvalue weighted by Crippen LogP contribution is -1.95. The molecule has 19 heavy (non-hydrogen) atoms. The summed E-state index contributed by atoms with van der Waals surface area (Å²) in [4.78, 5) is 22.3. The molecule has 0 atom stereocenters. The molecule has 0 amide bonds. The quantitative estimate of drug-likeness (QED) is 0.311. The molecule has 1 aromatic heterocycles. The molecule has 4 nitrogen and oxygen atoms in total. The van der Waals surface area contributed by atoms with Gasteiger partial charge in [-0.1, -0.05) is 11.6 Å². The van der Waals surface area contributed by atoms with Crippen molar-refractivity contribution in [1.29, 1.82) is 0 Å². The summed E-state index contributed by atoms with van der Waals surface area (Å²) >= 11 is 0. The van der Waals surface area contributed by atoms with Gasteiger partial charge in [0.15, 0.2) is 6.29 Å². The molecule has 0 aliphatic heterocycles. The van der Waals surface area contributed by atoms with E-state index in [-0.39, 0.29) is 0 Å². The summed E-state index contributed by atoms with van der Waals surface area (Å²) in [7, 11) is 0. The minimum atomic E-state index is 0.380. The number of allylic oxidation sites excluding steroid dienone is 3. The number of carbonyl (C=O) groups excluding carboxylic acids is 1. The van der Waals surface area contributed by atoms with Crippen LogP contribution in [-0.2, 0) is 6.42 Å². The van der Waals surface area contributed by atoms with Gasteiger partial charge in [0.2, 0.25) is 0 Å². The number of aliphatic imine (C=N–C) groups is 1. The number of aryl methyl sites for hydroxylation is 1. The highest BCUT2D eigenvalue weighted by Crippen LogP contribution is 2.09. The summed E-state index contributed by atoms with van der Waals surface area (Å²) in [5.74, 6) is 0. The van der Waals surface area contributed by atoms with Crippen molar-refractivity contribution < 1.29 is 4.79 Å². The van der Waals surface area contributed by atoms with Gasteiger partial charge < -0.3 is 0 Å². The second kappa shape index (κ2) is 8.91. The summed E-state index contributed by atoms with van der Waals surface area (Å²) in [5.41, 5.74) is 2.63. The normalized spacial score (nSPS) is 11.7. The van der Waals surface area contributed by atoms with Crippen LogP contribution in [0.15, 0.2) is 41.3 Å². The highest BCUT2D eigenvalue weighted by molar-refractivity contribution is 5.70. The van der Waals surface area contributed by atoms with Gasteiger partial charge in [-0.05, 0) is 45.4 Å². The molecule has 1 rings (SSSR count). The van der Waals surface area contributed by atoms with Crippen molar-refractivity contribution in [3.63, 3.8) is 0 Å². The molecule has 0 aliphatic rings. The van der Waals surface area contributed by atoms with Gasteiger partial charge in [0.1, 0.15) is 5.69 Å². The summed E-state index contributed by atoms with van der Waals surface area (Å²) in [6.07, 6.45) is 13.6. The zero-order chi connectivity index (χ0) is 13.9. The van der Waals surface area contributed by atoms with E-state index in [9.17, 15) is 4.79 Å². The molecule has 0 saturated carbocycles. The van der Waals surface area contributed by atoms with E-state index in [1.165, 1.54) is 11.8 Å². The number of hydrogen-bond acceptors (Lipinski definition) is 4. The van der Waals surface area contributed by atoms with Gasteiger partial charge in [0.05, 0.1) is 11.9 Å². The summed E-state index contributed by atoms with van der Waals surface area (Å²) < 4.78 is 0. The smallest absolute Gasteiger partial charge is 0.170 e. The fourth-order valence-electron chi connectivity index (χ4n) is 1.62. The van der Waals surface area contributed by atoms with Crippen LogP contribution >= 0.6 is 0 Å². The Hall–Kier alpha value is -2.10. The third-order valence-corrected chi connectivity index (χ3v) is 2.67. The molecule has 0 aromatic carbocycles. The molecule has 1 heterocycles. The Morgan fingerprint density at radius 3 is 2.84 bits per heavy atom. The van der Waals surface area contributed by atoms with Crippen LogP contribution in [0.25, 0.3) is 0 Å². The second-order valence-corrected chi connectivity index (χ2v) is 4.29. The number of rotatable bonds is 8. The van der Waals surface area contributed by atoms with Gasteiger partial charge in [-0.15, -0.1) is 0 Å². The number of nitrogens with zero attached hydrogens (tertiary/aromatic N) is 3. The number of aromatic nitrogens is 2. The second-order valence-electron chi connectivity index (χ2n) is 4.29. The molecule has 0 N–H and O–H groups in total. The Labute approximate surface area is 114 Å². The fraction of sp³-hybridized carbons (Fsp3) is 0.333. The molecule has 1 aromatic rings. The van der Waals surface area contributed by atoms with Gasteiger partial charge in [-0.25, -0.2) is 4.98 Å². The first-order chi connectivity index (χ1) is 9.26. The van der Waals surface area contributed by atoms with Crippen LogP contribution < -0.4 is 0 Å². The van der Waals surface area contributed by atoms with Gasteiger partial charge in [-0.3, -0.25) is 14.8 Å². The maximum absolute atomic E-state index is 10.4. The van der Waals surface area contributed by atoms with Crippen LogP contribution in [0, 0.1) is 0 Å². The van der Waals surface area contributed by atoms with Crippen molar-refractivity contribution in [2.24, 2.45) is 4.99 Å². The zero-order valence-electron chi connectivity index (χ0n) is 11.2. The minimum absolute atomic E-state index is 0.380. The van der Waals surface area contributed by atoms with Crippen LogP contribution in [0.1, 0.15) is 42.4 Å². The summed E-state index contributed by atoms with van der Waals surface area (Å²) in [5, 5.41) is 0. The Bertz CT molecular complexity index is 461. The first-order valence-electron chi connectivity index (χ1n) is 6.30. The van der Waals surface area contributed by atoms with Gasteiger partial charge in [0.25, 0.3) is 0 Å². The van der Waals surface area contributed by atoms with Gasteiger partial charge in [0, 0.05) is 12.4 Å². The van der Waals surface area contributed by atoms with E-state index >= 15 is 0 Å². The largest absolute Gasteiger partial charge is 0.296 e. The van der Waals surface area contributed by atoms with Crippen molar-refractivity contribution in [3.05, 3.63) is 47.7 Å². The molecule has 0 spiro atoms. The lowest BCUT2D eigenvalue weighted by atomic mass is 10.1. The molecular formula is C15H19N3O. The predicted molar refractivity (Wildman–Crippen MR) is 77.4 cm³/mol. The monoisotopic (exact) mass is 257 g/mol. The first-order valence-corrected chi connectivity index (χ1v) is 6.30. The Morgan fingerprint density at radius 2 is 2.21 bits per heavy atom. The van der Waals surface area contributed by atoms with Crippen LogP contribution in [0.3, 0.4) is 0 Å². The lowest BCUT2D eigenvalue weighted by molar-refractivity contribution is 0.111. The standard InChI is InChI=1S/C15H19N3O/c1-13(7-5-9-16-2)6-3-4-8-14-10-18-15(12-19)11-17-14/h5,7,9-12H,2-4,6,8H2,1H3/b9-5-,13-7+. The molecule has 100 valence electrons. The van der Waals surface area contributed by atoms with Crippen LogP contribution in [-0.4, -0.2) is 23.0 Å². The van der Waals surface area contributed by atoms with E-state index in [1.54, 1.807) is 12.4 Å². The predicted octanol–water partition coefficient (Wildman–Crippen LogP) is 3.16. The molecule has 0 fully saturated rings. The van der Waals surface area contributed by atoms with Crippen LogP contribution in [0.2, 0.25) is 0 Å². The van der Waals surface area contributed by atoms with E-state index < -0.39 is 0 Å². The zero-order valence-corrected chi connectivity index (χ0v) is 11.2. The maximum atomic E-state index is 10.4. The minimum Gasteiger partial charge on any atom is -0.296 e. The number of carbonyl (C=O) groups is 1. The Kier molecular flexibility index (Phi) is 7.02. The van der Waals surface area contributed by atoms with Crippen molar-refractivity contribution in [2.45, 2.75) is 32.6 Å². The highest BCUT2D eigenvalue weighted by atomic mass is 16.1. The summed E-state index contributed by atoms with van der Waals surface area (Å²) in [6, 6.07) is 0. The molecular weight excluding hydrogens is 238 g/mol. The van der Waals surface area contributed by atoms with Crippen molar-refractivity contribution in [2.75, 3.05) is 0 Å². The third kappa shape index (κ3) is 6.41. The van der Waals surface area contributed by atoms with E-state index in [0.29, 0.717) is 12.0 Å². The first kappa shape index (κ1) is 15.0. The highest BCUT2D eigenvalue weighted by Gasteiger charge is 1.97. The van der Waals surface area contributed by atoms with Crippen LogP contribution in [0.5, 0.6) is 0 Å². The molecule has 4 heteroatoms. The number of aldehydes is 1. The summed E-state index contributed by atoms with van der Waals surface area (Å²) in [6.45, 7) is 5.48. The average Bonchev–Trinajstić information content (AvgIpc) is 2.44. The number of unbranched alkanes of at least 4 members (excludes halogenated alkanes) is 1. The molecule has 0 bridgehead atoms. The van der Waals surface area contributed by atoms with Crippen molar-refractivity contribution in [1.82, 2.24) is 9.97 Å². The van der Waals surface area contributed by atoms with E-state index in [2.05, 4.69) is 28.6 Å². The molecule has 0 radical (unpaired) electrons. The van der Waals surface area contributed by atoms with Gasteiger partial charge in [-0.2, -0.15) is 0 Å². The number of hydrogen-bond donors (Lipinski definition) is 0. The van der Waals surface area contributed by atoms with E-state index in [0.717, 1.165) is 31.4 Å². The van der Waals surface area contributed by atoms with E-state index in [1.807, 2.05) is 12.2 Å².